The Balaban J connectivity index is 1.26. The summed E-state index contributed by atoms with van der Waals surface area (Å²) in [6, 6.07) is 11.5. The molecule has 1 aliphatic heterocycles. The van der Waals surface area contributed by atoms with E-state index in [4.69, 9.17) is 13.9 Å². The average Bonchev–Trinajstić information content (AvgIpc) is 3.45. The minimum absolute atomic E-state index is 0.0619. The van der Waals surface area contributed by atoms with Crippen LogP contribution in [0.15, 0.2) is 47.1 Å². The van der Waals surface area contributed by atoms with Gasteiger partial charge in [0.25, 0.3) is 5.91 Å². The maximum absolute atomic E-state index is 13.2. The van der Waals surface area contributed by atoms with Crippen molar-refractivity contribution in [3.05, 3.63) is 59.5 Å². The van der Waals surface area contributed by atoms with Gasteiger partial charge in [-0.05, 0) is 49.9 Å². The van der Waals surface area contributed by atoms with Crippen LogP contribution in [-0.4, -0.2) is 79.0 Å². The second-order valence-corrected chi connectivity index (χ2v) is 9.02. The Morgan fingerprint density at radius 3 is 2.78 bits per heavy atom. The molecule has 0 unspecified atom stereocenters. The maximum atomic E-state index is 13.2. The normalized spacial score (nSPS) is 20.2. The van der Waals surface area contributed by atoms with Gasteiger partial charge in [0.1, 0.15) is 12.4 Å². The van der Waals surface area contributed by atoms with Crippen molar-refractivity contribution in [1.82, 2.24) is 9.80 Å². The molecule has 2 heterocycles. The van der Waals surface area contributed by atoms with E-state index in [1.807, 2.05) is 48.2 Å². The van der Waals surface area contributed by atoms with Crippen LogP contribution in [0.2, 0.25) is 0 Å². The van der Waals surface area contributed by atoms with Gasteiger partial charge in [-0.3, -0.25) is 9.69 Å². The van der Waals surface area contributed by atoms with Crippen LogP contribution in [0.4, 0.5) is 0 Å². The molecule has 0 spiro atoms. The fourth-order valence-electron chi connectivity index (χ4n) is 4.07. The lowest BCUT2D eigenvalue weighted by atomic mass is 10.1. The van der Waals surface area contributed by atoms with Crippen molar-refractivity contribution in [2.75, 3.05) is 45.9 Å². The fraction of sp³-hybridized carbons (Fsp3) is 0.560. The predicted octanol–water partition coefficient (Wildman–Crippen LogP) is 2.72. The summed E-state index contributed by atoms with van der Waals surface area (Å²) in [6.07, 6.45) is 3.35. The van der Waals surface area contributed by atoms with Crippen LogP contribution in [0.3, 0.4) is 0 Å². The fourth-order valence-corrected chi connectivity index (χ4v) is 4.07. The molecule has 174 valence electrons. The Kier molecular flexibility index (Phi) is 7.97. The number of nitrogens with zero attached hydrogens (tertiary/aromatic N) is 2. The number of aryl methyl sites for hydroxylation is 1. The zero-order valence-corrected chi connectivity index (χ0v) is 18.8. The zero-order valence-electron chi connectivity index (χ0n) is 18.8. The number of rotatable bonds is 11. The Morgan fingerprint density at radius 2 is 2.06 bits per heavy atom. The van der Waals surface area contributed by atoms with E-state index in [0.29, 0.717) is 38.8 Å². The zero-order chi connectivity index (χ0) is 22.3. The number of β-amino-alcohol motifs (C(OH)–C–C–N with tert-alkyl or cyclic N) is 1. The Labute approximate surface area is 189 Å². The van der Waals surface area contributed by atoms with Crippen LogP contribution >= 0.6 is 0 Å². The number of hydrogen-bond donors (Lipinski definition) is 1. The molecule has 4 rings (SSSR count). The highest BCUT2D eigenvalue weighted by Gasteiger charge is 2.31. The standard InChI is InChI=1S/C25H34N2O5/c1-19-4-8-21(9-5-19)25(29)27(13-20-6-7-20)16-24-15-26(10-12-32-24)14-22(28)17-30-18-23-3-2-11-31-23/h2-5,8-9,11,20,22,24,28H,6-7,10,12-18H2,1H3/t22-,24-/m1/s1. The van der Waals surface area contributed by atoms with Crippen molar-refractivity contribution in [3.8, 4) is 0 Å². The minimum atomic E-state index is -0.583. The summed E-state index contributed by atoms with van der Waals surface area (Å²) in [7, 11) is 0. The summed E-state index contributed by atoms with van der Waals surface area (Å²) >= 11 is 0. The van der Waals surface area contributed by atoms with E-state index in [1.165, 1.54) is 12.8 Å². The van der Waals surface area contributed by atoms with Gasteiger partial charge in [0, 0.05) is 38.3 Å². The molecule has 2 fully saturated rings. The summed E-state index contributed by atoms with van der Waals surface area (Å²) < 4.78 is 16.8. The van der Waals surface area contributed by atoms with Crippen LogP contribution in [0.1, 0.15) is 34.5 Å². The van der Waals surface area contributed by atoms with Crippen molar-refractivity contribution in [2.45, 2.75) is 38.6 Å². The molecule has 1 aromatic heterocycles. The van der Waals surface area contributed by atoms with Crippen molar-refractivity contribution < 1.29 is 23.8 Å². The van der Waals surface area contributed by atoms with Crippen LogP contribution in [0.5, 0.6) is 0 Å². The van der Waals surface area contributed by atoms with Crippen LogP contribution in [0, 0.1) is 12.8 Å². The van der Waals surface area contributed by atoms with Gasteiger partial charge in [-0.1, -0.05) is 17.7 Å². The van der Waals surface area contributed by atoms with E-state index in [1.54, 1.807) is 6.26 Å². The first kappa shape index (κ1) is 23.0. The molecule has 7 nitrogen and oxygen atoms in total. The molecular weight excluding hydrogens is 408 g/mol. The third-order valence-corrected chi connectivity index (χ3v) is 6.01. The van der Waals surface area contributed by atoms with Crippen LogP contribution in [0.25, 0.3) is 0 Å². The first-order chi connectivity index (χ1) is 15.6. The molecule has 1 aromatic carbocycles. The average molecular weight is 443 g/mol. The quantitative estimate of drug-likeness (QED) is 0.577. The Morgan fingerprint density at radius 1 is 1.25 bits per heavy atom. The molecule has 0 radical (unpaired) electrons. The van der Waals surface area contributed by atoms with Crippen molar-refractivity contribution in [1.29, 1.82) is 0 Å². The second-order valence-electron chi connectivity index (χ2n) is 9.02. The Bertz CT molecular complexity index is 835. The van der Waals surface area contributed by atoms with Gasteiger partial charge in [0.2, 0.25) is 0 Å². The number of ether oxygens (including phenoxy) is 2. The van der Waals surface area contributed by atoms with Crippen molar-refractivity contribution in [2.24, 2.45) is 5.92 Å². The van der Waals surface area contributed by atoms with Crippen molar-refractivity contribution >= 4 is 5.91 Å². The van der Waals surface area contributed by atoms with E-state index in [-0.39, 0.29) is 18.6 Å². The first-order valence-electron chi connectivity index (χ1n) is 11.5. The van der Waals surface area contributed by atoms with Gasteiger partial charge in [-0.15, -0.1) is 0 Å². The third-order valence-electron chi connectivity index (χ3n) is 6.01. The smallest absolute Gasteiger partial charge is 0.253 e. The molecule has 1 saturated carbocycles. The molecule has 2 aliphatic rings. The first-order valence-corrected chi connectivity index (χ1v) is 11.5. The van der Waals surface area contributed by atoms with Gasteiger partial charge in [-0.25, -0.2) is 0 Å². The third kappa shape index (κ3) is 6.90. The van der Waals surface area contributed by atoms with Gasteiger partial charge in [0.15, 0.2) is 0 Å². The minimum Gasteiger partial charge on any atom is -0.467 e. The number of aliphatic hydroxyl groups excluding tert-OH is 1. The number of hydrogen-bond acceptors (Lipinski definition) is 6. The highest BCUT2D eigenvalue weighted by molar-refractivity contribution is 5.94. The van der Waals surface area contributed by atoms with Crippen LogP contribution < -0.4 is 0 Å². The highest BCUT2D eigenvalue weighted by atomic mass is 16.5. The SMILES string of the molecule is Cc1ccc(C(=O)N(CC2CC2)C[C@H]2CN(C[C@@H](O)COCc3ccco3)CCO2)cc1. The lowest BCUT2D eigenvalue weighted by molar-refractivity contribution is -0.0605. The molecule has 1 N–H and O–H groups in total. The van der Waals surface area contributed by atoms with Gasteiger partial charge < -0.3 is 23.9 Å². The van der Waals surface area contributed by atoms with Crippen LogP contribution in [-0.2, 0) is 16.1 Å². The summed E-state index contributed by atoms with van der Waals surface area (Å²) in [6.45, 7) is 6.57. The van der Waals surface area contributed by atoms with Crippen molar-refractivity contribution in [3.63, 3.8) is 0 Å². The molecule has 2 atom stereocenters. The number of amides is 1. The largest absolute Gasteiger partial charge is 0.467 e. The van der Waals surface area contributed by atoms with Gasteiger partial charge >= 0.3 is 0 Å². The lowest BCUT2D eigenvalue weighted by Gasteiger charge is -2.36. The molecular formula is C25H34N2O5. The Hall–Kier alpha value is -2.19. The molecule has 32 heavy (non-hydrogen) atoms. The second kappa shape index (κ2) is 11.1. The van der Waals surface area contributed by atoms with E-state index >= 15 is 0 Å². The van der Waals surface area contributed by atoms with Gasteiger partial charge in [0.05, 0.1) is 31.7 Å². The molecule has 7 heteroatoms. The molecule has 1 aliphatic carbocycles. The maximum Gasteiger partial charge on any atom is 0.253 e. The summed E-state index contributed by atoms with van der Waals surface area (Å²) in [5, 5.41) is 10.4. The van der Waals surface area contributed by atoms with E-state index in [9.17, 15) is 9.90 Å². The molecule has 2 aromatic rings. The number of furan rings is 1. The van der Waals surface area contributed by atoms with E-state index in [2.05, 4.69) is 4.90 Å². The number of morpholine rings is 1. The number of aliphatic hydroxyl groups is 1. The molecule has 0 bridgehead atoms. The number of carbonyl (C=O) groups excluding carboxylic acids is 1. The predicted molar refractivity (Wildman–Crippen MR) is 120 cm³/mol. The molecule has 1 saturated heterocycles. The number of carbonyl (C=O) groups is 1. The highest BCUT2D eigenvalue weighted by Crippen LogP contribution is 2.30. The monoisotopic (exact) mass is 442 g/mol. The van der Waals surface area contributed by atoms with Gasteiger partial charge in [-0.2, -0.15) is 0 Å². The summed E-state index contributed by atoms with van der Waals surface area (Å²) in [4.78, 5) is 17.3. The van der Waals surface area contributed by atoms with E-state index < -0.39 is 6.10 Å². The topological polar surface area (TPSA) is 75.4 Å². The van der Waals surface area contributed by atoms with E-state index in [0.717, 1.165) is 30.0 Å². The summed E-state index contributed by atoms with van der Waals surface area (Å²) in [5.74, 6) is 1.43. The molecule has 1 amide bonds. The number of benzene rings is 1. The summed E-state index contributed by atoms with van der Waals surface area (Å²) in [5.41, 5.74) is 1.88. The lowest BCUT2D eigenvalue weighted by Crippen LogP contribution is -2.51.